The standard InChI is InChI=1S/C29H38N2O/c1-22(32)28-21-30(29-12-7-6-11-27(28)29)17-8-18-31-25-15-16-26(31)20-24(19-25)14-13-23-9-4-2-3-5-10-23/h2-7,9,11-12,24-26,28H,8,10,13-21H2,1H3. The molecule has 0 N–H and O–H groups in total. The van der Waals surface area contributed by atoms with E-state index in [4.69, 9.17) is 0 Å². The molecule has 0 radical (unpaired) electrons. The SMILES string of the molecule is CC(=O)C1CN(CCCN2C3CCC2CC(CCC2=CC=CC=CC2)C3)c2ccccc21. The Bertz CT molecular complexity index is 899. The number of allylic oxidation sites excluding steroid dienone is 6. The van der Waals surface area contributed by atoms with Crippen molar-refractivity contribution in [2.75, 3.05) is 24.5 Å². The summed E-state index contributed by atoms with van der Waals surface area (Å²) < 4.78 is 0. The van der Waals surface area contributed by atoms with E-state index in [2.05, 4.69) is 64.4 Å². The minimum absolute atomic E-state index is 0.0627. The van der Waals surface area contributed by atoms with Crippen LogP contribution in [0.15, 0.2) is 60.2 Å². The number of para-hydroxylation sites is 1. The van der Waals surface area contributed by atoms with Crippen molar-refractivity contribution in [2.45, 2.75) is 76.3 Å². The number of carbonyl (C=O) groups excluding carboxylic acids is 1. The first-order valence-corrected chi connectivity index (χ1v) is 12.8. The van der Waals surface area contributed by atoms with Gasteiger partial charge in [-0.05, 0) is 75.8 Å². The maximum absolute atomic E-state index is 12.1. The molecule has 1 aromatic carbocycles. The molecule has 3 nitrogen and oxygen atoms in total. The van der Waals surface area contributed by atoms with E-state index in [0.29, 0.717) is 5.78 Å². The Labute approximate surface area is 193 Å². The van der Waals surface area contributed by atoms with Crippen molar-refractivity contribution < 1.29 is 4.79 Å². The summed E-state index contributed by atoms with van der Waals surface area (Å²) in [5.41, 5.74) is 4.11. The van der Waals surface area contributed by atoms with E-state index in [-0.39, 0.29) is 5.92 Å². The van der Waals surface area contributed by atoms with Gasteiger partial charge in [0.25, 0.3) is 0 Å². The van der Waals surface area contributed by atoms with Crippen molar-refractivity contribution in [2.24, 2.45) is 5.92 Å². The molecule has 0 amide bonds. The highest BCUT2D eigenvalue weighted by Gasteiger charge is 2.40. The molecule has 3 heterocycles. The second-order valence-electron chi connectivity index (χ2n) is 10.4. The van der Waals surface area contributed by atoms with Gasteiger partial charge < -0.3 is 4.90 Å². The Morgan fingerprint density at radius 1 is 1.03 bits per heavy atom. The monoisotopic (exact) mass is 430 g/mol. The lowest BCUT2D eigenvalue weighted by Crippen LogP contribution is -2.44. The van der Waals surface area contributed by atoms with Crippen molar-refractivity contribution in [3.63, 3.8) is 0 Å². The van der Waals surface area contributed by atoms with E-state index in [1.54, 1.807) is 12.5 Å². The van der Waals surface area contributed by atoms with Crippen LogP contribution < -0.4 is 4.90 Å². The Morgan fingerprint density at radius 2 is 1.84 bits per heavy atom. The first kappa shape index (κ1) is 21.7. The fraction of sp³-hybridized carbons (Fsp3) is 0.552. The number of piperidine rings is 1. The van der Waals surface area contributed by atoms with E-state index in [1.807, 2.05) is 0 Å². The molecule has 0 spiro atoms. The molecule has 2 fully saturated rings. The Kier molecular flexibility index (Phi) is 6.64. The molecule has 2 saturated heterocycles. The van der Waals surface area contributed by atoms with Crippen LogP contribution >= 0.6 is 0 Å². The van der Waals surface area contributed by atoms with Gasteiger partial charge in [0, 0.05) is 37.4 Å². The molecule has 0 aromatic heterocycles. The van der Waals surface area contributed by atoms with Crippen LogP contribution in [0.2, 0.25) is 0 Å². The van der Waals surface area contributed by atoms with Gasteiger partial charge in [0.05, 0.1) is 5.92 Å². The van der Waals surface area contributed by atoms with E-state index in [0.717, 1.165) is 37.5 Å². The fourth-order valence-electron chi connectivity index (χ4n) is 6.68. The lowest BCUT2D eigenvalue weighted by Gasteiger charge is -2.39. The summed E-state index contributed by atoms with van der Waals surface area (Å²) in [7, 11) is 0. The van der Waals surface area contributed by atoms with Crippen LogP contribution in [0.3, 0.4) is 0 Å². The van der Waals surface area contributed by atoms with Gasteiger partial charge in [-0.3, -0.25) is 9.69 Å². The van der Waals surface area contributed by atoms with Crippen molar-refractivity contribution in [3.05, 3.63) is 65.8 Å². The quantitative estimate of drug-likeness (QED) is 0.503. The maximum atomic E-state index is 12.1. The van der Waals surface area contributed by atoms with Crippen LogP contribution in [-0.4, -0.2) is 42.4 Å². The zero-order chi connectivity index (χ0) is 21.9. The summed E-state index contributed by atoms with van der Waals surface area (Å²) in [6, 6.07) is 10.1. The second-order valence-corrected chi connectivity index (χ2v) is 10.4. The molecule has 3 heteroatoms. The summed E-state index contributed by atoms with van der Waals surface area (Å²) in [5, 5.41) is 0. The molecule has 0 saturated carbocycles. The number of hydrogen-bond donors (Lipinski definition) is 0. The van der Waals surface area contributed by atoms with Crippen LogP contribution in [0, 0.1) is 5.92 Å². The van der Waals surface area contributed by atoms with Crippen molar-refractivity contribution in [3.8, 4) is 0 Å². The Hall–Kier alpha value is -2.13. The number of benzene rings is 1. The van der Waals surface area contributed by atoms with Crippen LogP contribution in [0.25, 0.3) is 0 Å². The third-order valence-corrected chi connectivity index (χ3v) is 8.32. The second kappa shape index (κ2) is 9.79. The summed E-state index contributed by atoms with van der Waals surface area (Å²) in [5.74, 6) is 1.27. The molecule has 5 rings (SSSR count). The van der Waals surface area contributed by atoms with Gasteiger partial charge in [-0.15, -0.1) is 0 Å². The highest BCUT2D eigenvalue weighted by molar-refractivity contribution is 5.88. The zero-order valence-electron chi connectivity index (χ0n) is 19.6. The third kappa shape index (κ3) is 4.64. The molecule has 170 valence electrons. The van der Waals surface area contributed by atoms with E-state index < -0.39 is 0 Å². The molecule has 2 bridgehead atoms. The van der Waals surface area contributed by atoms with Gasteiger partial charge in [-0.1, -0.05) is 54.2 Å². The molecule has 3 unspecified atom stereocenters. The van der Waals surface area contributed by atoms with Gasteiger partial charge in [-0.25, -0.2) is 0 Å². The van der Waals surface area contributed by atoms with E-state index in [1.165, 1.54) is 62.7 Å². The van der Waals surface area contributed by atoms with Gasteiger partial charge in [0.1, 0.15) is 5.78 Å². The average Bonchev–Trinajstić information content (AvgIpc) is 3.12. The van der Waals surface area contributed by atoms with Crippen molar-refractivity contribution >= 4 is 11.5 Å². The first-order chi connectivity index (χ1) is 15.7. The number of nitrogens with zero attached hydrogens (tertiary/aromatic N) is 2. The number of Topliss-reactive ketones (excluding diaryl/α,β-unsaturated/α-hetero) is 1. The molecule has 4 aliphatic rings. The average molecular weight is 431 g/mol. The molecule has 32 heavy (non-hydrogen) atoms. The largest absolute Gasteiger partial charge is 0.370 e. The molecule has 3 atom stereocenters. The summed E-state index contributed by atoms with van der Waals surface area (Å²) in [6.07, 6.45) is 21.7. The van der Waals surface area contributed by atoms with Crippen molar-refractivity contribution in [1.82, 2.24) is 4.90 Å². The van der Waals surface area contributed by atoms with E-state index >= 15 is 0 Å². The number of ketones is 1. The number of hydrogen-bond acceptors (Lipinski definition) is 3. The molecule has 1 aromatic rings. The smallest absolute Gasteiger partial charge is 0.139 e. The number of anilines is 1. The van der Waals surface area contributed by atoms with Crippen molar-refractivity contribution in [1.29, 1.82) is 0 Å². The van der Waals surface area contributed by atoms with Gasteiger partial charge in [0.15, 0.2) is 0 Å². The van der Waals surface area contributed by atoms with Crippen LogP contribution in [0.5, 0.6) is 0 Å². The topological polar surface area (TPSA) is 23.6 Å². The maximum Gasteiger partial charge on any atom is 0.139 e. The Balaban J connectivity index is 1.11. The number of fused-ring (bicyclic) bond motifs is 3. The highest BCUT2D eigenvalue weighted by atomic mass is 16.1. The lowest BCUT2D eigenvalue weighted by atomic mass is 9.85. The van der Waals surface area contributed by atoms with Gasteiger partial charge >= 0.3 is 0 Å². The summed E-state index contributed by atoms with van der Waals surface area (Å²) >= 11 is 0. The van der Waals surface area contributed by atoms with Gasteiger partial charge in [-0.2, -0.15) is 0 Å². The van der Waals surface area contributed by atoms with Crippen LogP contribution in [0.4, 0.5) is 5.69 Å². The molecular weight excluding hydrogens is 392 g/mol. The predicted octanol–water partition coefficient (Wildman–Crippen LogP) is 6.04. The highest BCUT2D eigenvalue weighted by Crippen LogP contribution is 2.41. The van der Waals surface area contributed by atoms with Crippen LogP contribution in [-0.2, 0) is 4.79 Å². The fourth-order valence-corrected chi connectivity index (χ4v) is 6.68. The van der Waals surface area contributed by atoms with Crippen LogP contribution in [0.1, 0.15) is 69.8 Å². The molecule has 3 aliphatic heterocycles. The summed E-state index contributed by atoms with van der Waals surface area (Å²) in [4.78, 5) is 17.4. The number of carbonyl (C=O) groups is 1. The lowest BCUT2D eigenvalue weighted by molar-refractivity contribution is -0.118. The van der Waals surface area contributed by atoms with E-state index in [9.17, 15) is 4.79 Å². The molecular formula is C29H38N2O. The van der Waals surface area contributed by atoms with Gasteiger partial charge in [0.2, 0.25) is 0 Å². The summed E-state index contributed by atoms with van der Waals surface area (Å²) in [6.45, 7) is 4.89. The third-order valence-electron chi connectivity index (χ3n) is 8.32. The first-order valence-electron chi connectivity index (χ1n) is 12.8. The minimum atomic E-state index is 0.0627. The zero-order valence-corrected chi connectivity index (χ0v) is 19.6. The number of rotatable bonds is 8. The Morgan fingerprint density at radius 3 is 2.66 bits per heavy atom. The minimum Gasteiger partial charge on any atom is -0.370 e. The normalized spacial score (nSPS) is 29.2. The predicted molar refractivity (Wildman–Crippen MR) is 133 cm³/mol. The molecule has 1 aliphatic carbocycles.